The molecule has 0 radical (unpaired) electrons. The number of hydrogen-bond acceptors (Lipinski definition) is 2. The Hall–Kier alpha value is -1.83. The Bertz CT molecular complexity index is 1040. The van der Waals surface area contributed by atoms with E-state index in [2.05, 4.69) is 20.9 Å². The summed E-state index contributed by atoms with van der Waals surface area (Å²) in [5, 5.41) is 10.5. The predicted molar refractivity (Wildman–Crippen MR) is 111 cm³/mol. The number of fused-ring (bicyclic) bond motifs is 3. The van der Waals surface area contributed by atoms with Crippen LogP contribution in [0.2, 0.25) is 0 Å². The second-order valence-electron chi connectivity index (χ2n) is 8.05. The Labute approximate surface area is 175 Å². The fourth-order valence-electron chi connectivity index (χ4n) is 4.31. The van der Waals surface area contributed by atoms with Crippen LogP contribution < -0.4 is 0 Å². The van der Waals surface area contributed by atoms with E-state index in [1.54, 1.807) is 4.90 Å². The number of H-pyrrole nitrogens is 1. The highest BCUT2D eigenvalue weighted by molar-refractivity contribution is 9.10. The smallest absolute Gasteiger partial charge is 0.143 e. The Morgan fingerprint density at radius 2 is 1.90 bits per heavy atom. The van der Waals surface area contributed by atoms with Crippen molar-refractivity contribution in [3.63, 3.8) is 0 Å². The Morgan fingerprint density at radius 3 is 2.55 bits per heavy atom. The standard InChI is InChI=1S/C22H22BrF3N2O/c1-12-7-15-14-5-3-4-6-18(14)27-20(15)21(28(12)10-22(2,26)11-29)19-16(24)8-13(23)9-17(19)25/h3-6,8-9,12,21,27,29H,7,10-11H2,1-2H3. The van der Waals surface area contributed by atoms with E-state index in [0.29, 0.717) is 16.6 Å². The molecule has 1 aliphatic rings. The minimum Gasteiger partial charge on any atom is -0.393 e. The number of rotatable bonds is 4. The molecule has 0 fully saturated rings. The first-order valence-electron chi connectivity index (χ1n) is 9.51. The summed E-state index contributed by atoms with van der Waals surface area (Å²) in [5.41, 5.74) is 0.498. The Kier molecular flexibility index (Phi) is 5.25. The topological polar surface area (TPSA) is 39.3 Å². The highest BCUT2D eigenvalue weighted by Crippen LogP contribution is 2.43. The van der Waals surface area contributed by atoms with Gasteiger partial charge in [-0.1, -0.05) is 34.1 Å². The first-order chi connectivity index (χ1) is 13.7. The number of para-hydroxylation sites is 1. The molecule has 2 N–H and O–H groups in total. The largest absolute Gasteiger partial charge is 0.393 e. The van der Waals surface area contributed by atoms with Crippen molar-refractivity contribution in [3.8, 4) is 0 Å². The van der Waals surface area contributed by atoms with Gasteiger partial charge >= 0.3 is 0 Å². The van der Waals surface area contributed by atoms with Crippen LogP contribution in [0, 0.1) is 11.6 Å². The van der Waals surface area contributed by atoms with Crippen molar-refractivity contribution in [3.05, 3.63) is 69.3 Å². The van der Waals surface area contributed by atoms with E-state index >= 15 is 8.78 Å². The van der Waals surface area contributed by atoms with Gasteiger partial charge in [0.2, 0.25) is 0 Å². The number of aromatic nitrogens is 1. The van der Waals surface area contributed by atoms with E-state index in [-0.39, 0.29) is 18.2 Å². The van der Waals surface area contributed by atoms with Crippen molar-refractivity contribution in [1.82, 2.24) is 9.88 Å². The summed E-state index contributed by atoms with van der Waals surface area (Å²) in [4.78, 5) is 5.06. The quantitative estimate of drug-likeness (QED) is 0.549. The third-order valence-corrected chi connectivity index (χ3v) is 6.13. The van der Waals surface area contributed by atoms with Gasteiger partial charge in [-0.25, -0.2) is 13.2 Å². The lowest BCUT2D eigenvalue weighted by molar-refractivity contribution is 0.0162. The van der Waals surface area contributed by atoms with Crippen LogP contribution in [0.5, 0.6) is 0 Å². The SMILES string of the molecule is CC1Cc2c([nH]c3ccccc23)C(c2c(F)cc(Br)cc2F)N1CC(C)(F)CO. The predicted octanol–water partition coefficient (Wildman–Crippen LogP) is 5.27. The summed E-state index contributed by atoms with van der Waals surface area (Å²) in [6, 6.07) is 9.13. The number of nitrogens with one attached hydrogen (secondary N) is 1. The molecule has 2 heterocycles. The molecule has 0 saturated heterocycles. The van der Waals surface area contributed by atoms with Gasteiger partial charge in [-0.2, -0.15) is 0 Å². The minimum atomic E-state index is -1.90. The second kappa shape index (κ2) is 7.45. The Balaban J connectivity index is 1.96. The zero-order chi connectivity index (χ0) is 20.9. The van der Waals surface area contributed by atoms with E-state index in [0.717, 1.165) is 16.5 Å². The van der Waals surface area contributed by atoms with Crippen molar-refractivity contribution in [2.45, 2.75) is 38.0 Å². The van der Waals surface area contributed by atoms with Gasteiger partial charge in [-0.15, -0.1) is 0 Å². The molecule has 4 rings (SSSR count). The van der Waals surface area contributed by atoms with Crippen LogP contribution >= 0.6 is 15.9 Å². The van der Waals surface area contributed by atoms with Gasteiger partial charge in [0.15, 0.2) is 0 Å². The lowest BCUT2D eigenvalue weighted by Gasteiger charge is -2.43. The molecule has 1 aromatic heterocycles. The van der Waals surface area contributed by atoms with Gasteiger partial charge in [-0.05, 0) is 44.0 Å². The first-order valence-corrected chi connectivity index (χ1v) is 10.3. The van der Waals surface area contributed by atoms with Crippen molar-refractivity contribution in [2.75, 3.05) is 13.2 Å². The molecule has 154 valence electrons. The average molecular weight is 467 g/mol. The molecule has 0 spiro atoms. The number of aliphatic hydroxyl groups is 1. The van der Waals surface area contributed by atoms with E-state index in [4.69, 9.17) is 0 Å². The monoisotopic (exact) mass is 466 g/mol. The van der Waals surface area contributed by atoms with Crippen LogP contribution in [-0.2, 0) is 6.42 Å². The van der Waals surface area contributed by atoms with E-state index < -0.39 is 30.0 Å². The maximum absolute atomic E-state index is 15.0. The molecule has 0 bridgehead atoms. The number of nitrogens with zero attached hydrogens (tertiary/aromatic N) is 1. The minimum absolute atomic E-state index is 0.124. The highest BCUT2D eigenvalue weighted by atomic mass is 79.9. The third-order valence-electron chi connectivity index (χ3n) is 5.68. The molecule has 0 amide bonds. The number of benzene rings is 2. The number of aliphatic hydroxyl groups excluding tert-OH is 1. The molecule has 0 saturated carbocycles. The van der Waals surface area contributed by atoms with Gasteiger partial charge in [-0.3, -0.25) is 4.90 Å². The lowest BCUT2D eigenvalue weighted by atomic mass is 9.87. The summed E-state index contributed by atoms with van der Waals surface area (Å²) < 4.78 is 45.1. The number of halogens is 4. The molecule has 2 aromatic carbocycles. The zero-order valence-electron chi connectivity index (χ0n) is 16.1. The average Bonchev–Trinajstić information content (AvgIpc) is 3.01. The van der Waals surface area contributed by atoms with Gasteiger partial charge < -0.3 is 10.1 Å². The molecular weight excluding hydrogens is 445 g/mol. The van der Waals surface area contributed by atoms with Crippen molar-refractivity contribution < 1.29 is 18.3 Å². The summed E-state index contributed by atoms with van der Waals surface area (Å²) in [5.74, 6) is -1.40. The summed E-state index contributed by atoms with van der Waals surface area (Å²) in [7, 11) is 0. The molecule has 3 aromatic rings. The molecule has 0 aliphatic carbocycles. The number of aromatic amines is 1. The van der Waals surface area contributed by atoms with Crippen LogP contribution in [-0.4, -0.2) is 39.9 Å². The van der Waals surface area contributed by atoms with Crippen LogP contribution in [0.4, 0.5) is 13.2 Å². The van der Waals surface area contributed by atoms with Crippen LogP contribution in [0.1, 0.15) is 36.7 Å². The maximum Gasteiger partial charge on any atom is 0.143 e. The molecule has 3 nitrogen and oxygen atoms in total. The normalized spacial score (nSPS) is 21.9. The summed E-state index contributed by atoms with van der Waals surface area (Å²) >= 11 is 3.12. The van der Waals surface area contributed by atoms with Crippen LogP contribution in [0.25, 0.3) is 10.9 Å². The highest BCUT2D eigenvalue weighted by Gasteiger charge is 2.41. The van der Waals surface area contributed by atoms with E-state index in [1.165, 1.54) is 19.1 Å². The van der Waals surface area contributed by atoms with Crippen LogP contribution in [0.15, 0.2) is 40.9 Å². The van der Waals surface area contributed by atoms with Gasteiger partial charge in [0, 0.05) is 39.2 Å². The van der Waals surface area contributed by atoms with Crippen molar-refractivity contribution in [2.24, 2.45) is 0 Å². The Morgan fingerprint density at radius 1 is 1.24 bits per heavy atom. The molecule has 3 atom stereocenters. The van der Waals surface area contributed by atoms with Crippen LogP contribution in [0.3, 0.4) is 0 Å². The van der Waals surface area contributed by atoms with Gasteiger partial charge in [0.25, 0.3) is 0 Å². The lowest BCUT2D eigenvalue weighted by Crippen LogP contribution is -2.50. The van der Waals surface area contributed by atoms with E-state index in [9.17, 15) is 9.50 Å². The number of alkyl halides is 1. The second-order valence-corrected chi connectivity index (χ2v) is 8.96. The van der Waals surface area contributed by atoms with Crippen molar-refractivity contribution in [1.29, 1.82) is 0 Å². The maximum atomic E-state index is 15.0. The molecule has 7 heteroatoms. The van der Waals surface area contributed by atoms with Gasteiger partial charge in [0.1, 0.15) is 17.3 Å². The molecule has 1 aliphatic heterocycles. The van der Waals surface area contributed by atoms with Gasteiger partial charge in [0.05, 0.1) is 12.6 Å². The fraction of sp³-hybridized carbons (Fsp3) is 0.364. The zero-order valence-corrected chi connectivity index (χ0v) is 17.7. The summed E-state index contributed by atoms with van der Waals surface area (Å²) in [6.07, 6.45) is 0.608. The molecular formula is C22H22BrF3N2O. The molecule has 3 unspecified atom stereocenters. The fourth-order valence-corrected chi connectivity index (χ4v) is 4.71. The first kappa shape index (κ1) is 20.4. The third kappa shape index (κ3) is 3.60. The summed E-state index contributed by atoms with van der Waals surface area (Å²) in [6.45, 7) is 2.39. The number of hydrogen-bond donors (Lipinski definition) is 2. The van der Waals surface area contributed by atoms with E-state index in [1.807, 2.05) is 31.2 Å². The van der Waals surface area contributed by atoms with Crippen molar-refractivity contribution >= 4 is 26.8 Å². The molecule has 29 heavy (non-hydrogen) atoms.